The first-order valence-electron chi connectivity index (χ1n) is 10.7. The van der Waals surface area contributed by atoms with Gasteiger partial charge in [-0.3, -0.25) is 9.59 Å². The van der Waals surface area contributed by atoms with Crippen LogP contribution < -0.4 is 21.3 Å². The molecule has 0 radical (unpaired) electrons. The number of aromatic nitrogens is 2. The second-order valence-corrected chi connectivity index (χ2v) is 8.29. The molecule has 2 unspecified atom stereocenters. The first-order chi connectivity index (χ1) is 15.5. The maximum atomic E-state index is 13.6. The largest absolute Gasteiger partial charge is 0.421 e. The lowest BCUT2D eigenvalue weighted by Crippen LogP contribution is -2.41. The number of alkyl halides is 3. The fraction of sp³-hybridized carbons (Fsp3) is 0.455. The van der Waals surface area contributed by atoms with Crippen LogP contribution in [-0.2, 0) is 15.8 Å². The quantitative estimate of drug-likeness (QED) is 0.487. The third-order valence-corrected chi connectivity index (χ3v) is 5.16. The number of nitrogens with zero attached hydrogens (tertiary/aromatic N) is 2. The van der Waals surface area contributed by atoms with Crippen LogP contribution in [0, 0.1) is 5.92 Å². The number of hydrogen-bond donors (Lipinski definition) is 4. The minimum absolute atomic E-state index is 0.0287. The van der Waals surface area contributed by atoms with E-state index >= 15 is 0 Å². The Labute approximate surface area is 189 Å². The fourth-order valence-electron chi connectivity index (χ4n) is 3.74. The number of amides is 2. The van der Waals surface area contributed by atoms with Crippen LogP contribution >= 0.6 is 0 Å². The summed E-state index contributed by atoms with van der Waals surface area (Å²) in [5.74, 6) is -1.24. The highest BCUT2D eigenvalue weighted by Gasteiger charge is 2.38. The lowest BCUT2D eigenvalue weighted by Gasteiger charge is -2.24. The van der Waals surface area contributed by atoms with E-state index in [4.69, 9.17) is 0 Å². The van der Waals surface area contributed by atoms with Crippen molar-refractivity contribution in [3.05, 3.63) is 36.0 Å². The van der Waals surface area contributed by atoms with Gasteiger partial charge in [0.25, 0.3) is 0 Å². The molecule has 0 saturated heterocycles. The van der Waals surface area contributed by atoms with Gasteiger partial charge >= 0.3 is 6.18 Å². The summed E-state index contributed by atoms with van der Waals surface area (Å²) in [4.78, 5) is 31.5. The van der Waals surface area contributed by atoms with E-state index in [9.17, 15) is 22.8 Å². The molecule has 1 aliphatic rings. The molecule has 2 amide bonds. The molecule has 4 N–H and O–H groups in total. The van der Waals surface area contributed by atoms with E-state index in [2.05, 4.69) is 31.2 Å². The Kier molecular flexibility index (Phi) is 7.39. The standard InChI is InChI=1S/C22H27F3N6O2/c1-12(2)27-20(33)16-5-4-6-18(16)30-19-17(22(23,24)25)11-26-21(31-19)29-15-9-7-14(8-10-15)28-13(3)32/h7-12,16,18H,4-6H2,1-3H3,(H,27,33)(H,28,32)(H2,26,29,30,31). The van der Waals surface area contributed by atoms with E-state index in [-0.39, 0.29) is 29.6 Å². The highest BCUT2D eigenvalue weighted by molar-refractivity contribution is 5.88. The zero-order valence-corrected chi connectivity index (χ0v) is 18.6. The molecule has 33 heavy (non-hydrogen) atoms. The average Bonchev–Trinajstić information content (AvgIpc) is 3.16. The predicted molar refractivity (Wildman–Crippen MR) is 119 cm³/mol. The van der Waals surface area contributed by atoms with Gasteiger partial charge in [0.05, 0.1) is 5.92 Å². The van der Waals surface area contributed by atoms with Crippen LogP contribution in [0.1, 0.15) is 45.6 Å². The predicted octanol–water partition coefficient (Wildman–Crippen LogP) is 4.30. The summed E-state index contributed by atoms with van der Waals surface area (Å²) in [6.45, 7) is 5.06. The van der Waals surface area contributed by atoms with Crippen molar-refractivity contribution in [3.8, 4) is 0 Å². The summed E-state index contributed by atoms with van der Waals surface area (Å²) in [5, 5.41) is 11.2. The van der Waals surface area contributed by atoms with Crippen molar-refractivity contribution >= 4 is 35.0 Å². The Balaban J connectivity index is 1.82. The lowest BCUT2D eigenvalue weighted by molar-refractivity contribution is -0.137. The molecule has 2 atom stereocenters. The number of rotatable bonds is 7. The van der Waals surface area contributed by atoms with Gasteiger partial charge in [-0.1, -0.05) is 6.42 Å². The maximum absolute atomic E-state index is 13.6. The number of benzene rings is 1. The molecule has 0 spiro atoms. The van der Waals surface area contributed by atoms with Gasteiger partial charge in [0.15, 0.2) is 0 Å². The molecule has 2 aromatic rings. The molecule has 8 nitrogen and oxygen atoms in total. The van der Waals surface area contributed by atoms with Crippen molar-refractivity contribution in [2.24, 2.45) is 5.92 Å². The van der Waals surface area contributed by atoms with Gasteiger partial charge in [-0.25, -0.2) is 4.98 Å². The highest BCUT2D eigenvalue weighted by Crippen LogP contribution is 2.36. The van der Waals surface area contributed by atoms with Crippen LogP contribution in [0.15, 0.2) is 30.5 Å². The third kappa shape index (κ3) is 6.56. The van der Waals surface area contributed by atoms with Crippen molar-refractivity contribution in [3.63, 3.8) is 0 Å². The Morgan fingerprint density at radius 1 is 1.09 bits per heavy atom. The van der Waals surface area contributed by atoms with Crippen LogP contribution in [0.3, 0.4) is 0 Å². The van der Waals surface area contributed by atoms with E-state index in [0.29, 0.717) is 24.2 Å². The normalized spacial score (nSPS) is 18.2. The second-order valence-electron chi connectivity index (χ2n) is 8.29. The first-order valence-corrected chi connectivity index (χ1v) is 10.7. The van der Waals surface area contributed by atoms with Gasteiger partial charge < -0.3 is 21.3 Å². The Morgan fingerprint density at radius 3 is 2.36 bits per heavy atom. The van der Waals surface area contributed by atoms with E-state index in [0.717, 1.165) is 12.6 Å². The van der Waals surface area contributed by atoms with Crippen LogP contribution in [0.25, 0.3) is 0 Å². The zero-order valence-electron chi connectivity index (χ0n) is 18.6. The number of anilines is 4. The third-order valence-electron chi connectivity index (χ3n) is 5.16. The molecular weight excluding hydrogens is 437 g/mol. The summed E-state index contributed by atoms with van der Waals surface area (Å²) in [5.41, 5.74) is 0.115. The summed E-state index contributed by atoms with van der Waals surface area (Å²) in [6, 6.07) is 6.04. The molecule has 11 heteroatoms. The smallest absolute Gasteiger partial charge is 0.366 e. The number of nitrogens with one attached hydrogen (secondary N) is 4. The van der Waals surface area contributed by atoms with Crippen molar-refractivity contribution in [2.45, 2.75) is 58.3 Å². The van der Waals surface area contributed by atoms with Crippen molar-refractivity contribution in [2.75, 3.05) is 16.0 Å². The molecule has 1 aliphatic carbocycles. The molecule has 1 aromatic heterocycles. The summed E-state index contributed by atoms with van der Waals surface area (Å²) >= 11 is 0. The van der Waals surface area contributed by atoms with E-state index in [1.54, 1.807) is 24.3 Å². The van der Waals surface area contributed by atoms with Gasteiger partial charge in [-0.15, -0.1) is 0 Å². The Bertz CT molecular complexity index is 995. The van der Waals surface area contributed by atoms with Crippen LogP contribution in [0.5, 0.6) is 0 Å². The van der Waals surface area contributed by atoms with E-state index in [1.807, 2.05) is 13.8 Å². The molecule has 1 saturated carbocycles. The first kappa shape index (κ1) is 24.3. The maximum Gasteiger partial charge on any atom is 0.421 e. The minimum Gasteiger partial charge on any atom is -0.366 e. The van der Waals surface area contributed by atoms with Gasteiger partial charge in [-0.2, -0.15) is 18.2 Å². The molecular formula is C22H27F3N6O2. The van der Waals surface area contributed by atoms with Crippen molar-refractivity contribution < 1.29 is 22.8 Å². The van der Waals surface area contributed by atoms with Crippen molar-refractivity contribution in [1.29, 1.82) is 0 Å². The average molecular weight is 464 g/mol. The molecule has 1 aromatic carbocycles. The molecule has 178 valence electrons. The number of hydrogen-bond acceptors (Lipinski definition) is 6. The minimum atomic E-state index is -4.66. The SMILES string of the molecule is CC(=O)Nc1ccc(Nc2ncc(C(F)(F)F)c(NC3CCCC3C(=O)NC(C)C)n2)cc1. The van der Waals surface area contributed by atoms with Crippen molar-refractivity contribution in [1.82, 2.24) is 15.3 Å². The summed E-state index contributed by atoms with van der Waals surface area (Å²) in [6.07, 6.45) is -2.05. The monoisotopic (exact) mass is 464 g/mol. The topological polar surface area (TPSA) is 108 Å². The number of carbonyl (C=O) groups is 2. The Hall–Kier alpha value is -3.37. The second kappa shape index (κ2) is 10.1. The highest BCUT2D eigenvalue weighted by atomic mass is 19.4. The summed E-state index contributed by atoms with van der Waals surface area (Å²) < 4.78 is 40.8. The number of halogens is 3. The fourth-order valence-corrected chi connectivity index (χ4v) is 3.74. The zero-order chi connectivity index (χ0) is 24.2. The molecule has 0 bridgehead atoms. The van der Waals surface area contributed by atoms with Gasteiger partial charge in [-0.05, 0) is 51.0 Å². The van der Waals surface area contributed by atoms with Crippen LogP contribution in [0.4, 0.5) is 36.3 Å². The number of carbonyl (C=O) groups excluding carboxylic acids is 2. The molecule has 1 heterocycles. The van der Waals surface area contributed by atoms with Gasteiger partial charge in [0, 0.05) is 36.6 Å². The molecule has 3 rings (SSSR count). The lowest BCUT2D eigenvalue weighted by atomic mass is 10.0. The molecule has 1 fully saturated rings. The van der Waals surface area contributed by atoms with E-state index in [1.165, 1.54) is 6.92 Å². The van der Waals surface area contributed by atoms with Crippen LogP contribution in [-0.4, -0.2) is 33.9 Å². The summed E-state index contributed by atoms with van der Waals surface area (Å²) in [7, 11) is 0. The van der Waals surface area contributed by atoms with Crippen LogP contribution in [0.2, 0.25) is 0 Å². The van der Waals surface area contributed by atoms with E-state index < -0.39 is 23.7 Å². The Morgan fingerprint density at radius 2 is 1.76 bits per heavy atom. The molecule has 0 aliphatic heterocycles. The van der Waals surface area contributed by atoms with Gasteiger partial charge in [0.1, 0.15) is 11.4 Å². The van der Waals surface area contributed by atoms with Gasteiger partial charge in [0.2, 0.25) is 17.8 Å².